The number of nitrogens with zero attached hydrogens (tertiary/aromatic N) is 3. The summed E-state index contributed by atoms with van der Waals surface area (Å²) in [6.45, 7) is 7.77. The molecule has 0 unspecified atom stereocenters. The van der Waals surface area contributed by atoms with E-state index in [1.807, 2.05) is 38.2 Å². The molecular formula is C26H29N3O2. The maximum absolute atomic E-state index is 10.0. The molecule has 5 heteroatoms. The number of aryl methyl sites for hydroxylation is 2. The van der Waals surface area contributed by atoms with E-state index in [1.54, 1.807) is 7.11 Å². The lowest BCUT2D eigenvalue weighted by Crippen LogP contribution is -2.51. The molecule has 160 valence electrons. The van der Waals surface area contributed by atoms with Crippen LogP contribution in [0.25, 0.3) is 0 Å². The van der Waals surface area contributed by atoms with E-state index in [1.165, 1.54) is 5.69 Å². The second-order valence-corrected chi connectivity index (χ2v) is 8.25. The molecule has 1 fully saturated rings. The highest BCUT2D eigenvalue weighted by Crippen LogP contribution is 2.43. The number of methoxy groups -OCH3 is 1. The van der Waals surface area contributed by atoms with E-state index in [0.29, 0.717) is 11.8 Å². The quantitative estimate of drug-likeness (QED) is 0.360. The molecule has 0 radical (unpaired) electrons. The van der Waals surface area contributed by atoms with Gasteiger partial charge in [-0.05, 0) is 67.3 Å². The van der Waals surface area contributed by atoms with E-state index in [9.17, 15) is 5.21 Å². The van der Waals surface area contributed by atoms with E-state index in [-0.39, 0.29) is 0 Å². The Morgan fingerprint density at radius 2 is 1.77 bits per heavy atom. The van der Waals surface area contributed by atoms with E-state index >= 15 is 0 Å². The van der Waals surface area contributed by atoms with Gasteiger partial charge in [-0.3, -0.25) is 4.98 Å². The minimum absolute atomic E-state index is 0.300. The monoisotopic (exact) mass is 415 g/mol. The lowest BCUT2D eigenvalue weighted by Gasteiger charge is -2.41. The van der Waals surface area contributed by atoms with Crippen molar-refractivity contribution in [2.75, 3.05) is 25.1 Å². The smallest absolute Gasteiger partial charge is 0.0920 e. The van der Waals surface area contributed by atoms with Gasteiger partial charge in [0.25, 0.3) is 0 Å². The minimum atomic E-state index is -0.726. The fourth-order valence-electron chi connectivity index (χ4n) is 4.66. The van der Waals surface area contributed by atoms with Gasteiger partial charge in [0.15, 0.2) is 0 Å². The van der Waals surface area contributed by atoms with Gasteiger partial charge in [0.2, 0.25) is 0 Å². The predicted molar refractivity (Wildman–Crippen MR) is 124 cm³/mol. The molecule has 2 aromatic carbocycles. The maximum atomic E-state index is 10.0. The third-order valence-corrected chi connectivity index (χ3v) is 6.42. The van der Waals surface area contributed by atoms with Gasteiger partial charge < -0.3 is 14.8 Å². The number of pyridine rings is 1. The van der Waals surface area contributed by atoms with Crippen molar-refractivity contribution in [3.63, 3.8) is 0 Å². The average molecular weight is 416 g/mol. The van der Waals surface area contributed by atoms with Gasteiger partial charge in [-0.15, -0.1) is 0 Å². The van der Waals surface area contributed by atoms with Crippen molar-refractivity contribution >= 4 is 11.4 Å². The molecule has 31 heavy (non-hydrogen) atoms. The lowest BCUT2D eigenvalue weighted by atomic mass is 9.65. The predicted octanol–water partition coefficient (Wildman–Crippen LogP) is 4.72. The van der Waals surface area contributed by atoms with Crippen LogP contribution in [-0.2, 0) is 10.2 Å². The summed E-state index contributed by atoms with van der Waals surface area (Å²) in [6.07, 6.45) is 2.12. The van der Waals surface area contributed by atoms with Crippen LogP contribution in [0.15, 0.2) is 72.0 Å². The first-order valence-corrected chi connectivity index (χ1v) is 10.6. The van der Waals surface area contributed by atoms with Crippen molar-refractivity contribution in [3.05, 3.63) is 94.8 Å². The first kappa shape index (κ1) is 21.1. The fraction of sp³-hybridized carbons (Fsp3) is 0.308. The summed E-state index contributed by atoms with van der Waals surface area (Å²) in [4.78, 5) is 6.70. The molecule has 2 heterocycles. The van der Waals surface area contributed by atoms with Crippen LogP contribution in [0.5, 0.6) is 0 Å². The topological polar surface area (TPSA) is 58.0 Å². The summed E-state index contributed by atoms with van der Waals surface area (Å²) in [6, 6.07) is 21.0. The lowest BCUT2D eigenvalue weighted by molar-refractivity contribution is 0.0788. The molecule has 4 rings (SSSR count). The molecule has 0 aliphatic carbocycles. The van der Waals surface area contributed by atoms with E-state index < -0.39 is 5.41 Å². The highest BCUT2D eigenvalue weighted by molar-refractivity contribution is 6.00. The fourth-order valence-corrected chi connectivity index (χ4v) is 4.66. The Morgan fingerprint density at radius 3 is 2.39 bits per heavy atom. The Morgan fingerprint density at radius 1 is 1.06 bits per heavy atom. The maximum Gasteiger partial charge on any atom is 0.0920 e. The molecule has 1 aliphatic rings. The zero-order chi connectivity index (χ0) is 22.0. The molecule has 0 saturated carbocycles. The molecule has 1 atom stereocenters. The third-order valence-electron chi connectivity index (χ3n) is 6.42. The van der Waals surface area contributed by atoms with Crippen LogP contribution in [-0.4, -0.2) is 42.2 Å². The Hall–Kier alpha value is -3.18. The number of ether oxygens (including phenoxy) is 1. The second kappa shape index (κ2) is 8.52. The second-order valence-electron chi connectivity index (χ2n) is 8.25. The van der Waals surface area contributed by atoms with Gasteiger partial charge in [-0.25, -0.2) is 0 Å². The number of hydrogen-bond donors (Lipinski definition) is 1. The van der Waals surface area contributed by atoms with Crippen molar-refractivity contribution in [2.45, 2.75) is 32.3 Å². The largest absolute Gasteiger partial charge is 0.411 e. The zero-order valence-electron chi connectivity index (χ0n) is 18.5. The Balaban J connectivity index is 1.91. The van der Waals surface area contributed by atoms with Crippen LogP contribution in [0.3, 0.4) is 0 Å². The van der Waals surface area contributed by atoms with Gasteiger partial charge in [-0.1, -0.05) is 41.6 Å². The molecule has 1 saturated heterocycles. The zero-order valence-corrected chi connectivity index (χ0v) is 18.5. The van der Waals surface area contributed by atoms with Gasteiger partial charge in [-0.2, -0.15) is 0 Å². The van der Waals surface area contributed by atoms with Crippen LogP contribution >= 0.6 is 0 Å². The molecular weight excluding hydrogens is 386 g/mol. The van der Waals surface area contributed by atoms with Gasteiger partial charge in [0.1, 0.15) is 0 Å². The summed E-state index contributed by atoms with van der Waals surface area (Å²) < 4.78 is 5.41. The standard InChI is InChI=1S/C26H29N3O2/c1-18-7-5-6-8-25(18)26(20(3)28-30,22-13-14-27-19(2)15-22)21-9-11-23(12-10-21)29-16-24(17-29)31-4/h5-15,24,30H,16-17H2,1-4H3/t26-/m0/s1. The Bertz CT molecular complexity index is 1090. The summed E-state index contributed by atoms with van der Waals surface area (Å²) >= 11 is 0. The third kappa shape index (κ3) is 3.59. The number of oxime groups is 1. The van der Waals surface area contributed by atoms with Crippen molar-refractivity contribution in [2.24, 2.45) is 5.16 Å². The molecule has 0 bridgehead atoms. The number of aromatic nitrogens is 1. The Kier molecular flexibility index (Phi) is 5.79. The molecule has 0 spiro atoms. The highest BCUT2D eigenvalue weighted by atomic mass is 16.5. The highest BCUT2D eigenvalue weighted by Gasteiger charge is 2.41. The van der Waals surface area contributed by atoms with E-state index in [4.69, 9.17) is 4.74 Å². The van der Waals surface area contributed by atoms with Crippen LogP contribution in [0.1, 0.15) is 34.9 Å². The molecule has 1 aliphatic heterocycles. The van der Waals surface area contributed by atoms with E-state index in [0.717, 1.165) is 41.0 Å². The summed E-state index contributed by atoms with van der Waals surface area (Å²) in [5.74, 6) is 0. The summed E-state index contributed by atoms with van der Waals surface area (Å²) in [7, 11) is 1.76. The van der Waals surface area contributed by atoms with Crippen molar-refractivity contribution in [3.8, 4) is 0 Å². The summed E-state index contributed by atoms with van der Waals surface area (Å²) in [5, 5.41) is 13.7. The van der Waals surface area contributed by atoms with Crippen molar-refractivity contribution in [1.29, 1.82) is 0 Å². The van der Waals surface area contributed by atoms with Gasteiger partial charge in [0.05, 0.1) is 17.2 Å². The van der Waals surface area contributed by atoms with Crippen molar-refractivity contribution < 1.29 is 9.94 Å². The first-order chi connectivity index (χ1) is 15.0. The first-order valence-electron chi connectivity index (χ1n) is 10.6. The molecule has 0 amide bonds. The van der Waals surface area contributed by atoms with Crippen LogP contribution in [0, 0.1) is 13.8 Å². The van der Waals surface area contributed by atoms with Gasteiger partial charge in [0, 0.05) is 37.8 Å². The van der Waals surface area contributed by atoms with E-state index in [2.05, 4.69) is 64.4 Å². The van der Waals surface area contributed by atoms with Gasteiger partial charge >= 0.3 is 0 Å². The van der Waals surface area contributed by atoms with Crippen molar-refractivity contribution in [1.82, 2.24) is 4.98 Å². The minimum Gasteiger partial charge on any atom is -0.411 e. The normalized spacial score (nSPS) is 16.6. The summed E-state index contributed by atoms with van der Waals surface area (Å²) in [5.41, 5.74) is 6.28. The van der Waals surface area contributed by atoms with Crippen LogP contribution < -0.4 is 4.90 Å². The van der Waals surface area contributed by atoms with Crippen LogP contribution in [0.2, 0.25) is 0 Å². The average Bonchev–Trinajstić information content (AvgIpc) is 2.75. The molecule has 1 N–H and O–H groups in total. The number of anilines is 1. The number of hydrogen-bond acceptors (Lipinski definition) is 5. The Labute approximate surface area is 184 Å². The molecule has 3 aromatic rings. The van der Waals surface area contributed by atoms with Crippen LogP contribution in [0.4, 0.5) is 5.69 Å². The molecule has 1 aromatic heterocycles. The SMILES string of the molecule is COC1CN(c2ccc([C@@](C(C)=NO)(c3ccnc(C)c3)c3ccccc3C)cc2)C1. The number of benzene rings is 2. The molecule has 5 nitrogen and oxygen atoms in total. The number of rotatable bonds is 6.